The molecule has 0 N–H and O–H groups in total. The second-order valence-corrected chi connectivity index (χ2v) is 3.67. The second-order valence-electron chi connectivity index (χ2n) is 1.22. The monoisotopic (exact) mass is 440 g/mol. The Morgan fingerprint density at radius 2 is 0.444 bits per heavy atom. The zero-order chi connectivity index (χ0) is 13.5. The largest absolute Gasteiger partial charge is 2.00 e. The summed E-state index contributed by atoms with van der Waals surface area (Å²) in [5.74, 6) is 0. The Bertz CT molecular complexity index is 346. The molecule has 0 aliphatic rings. The maximum atomic E-state index is 8.52. The third kappa shape index (κ3) is 1850. The van der Waals surface area contributed by atoms with Gasteiger partial charge in [0.1, 0.15) is 0 Å². The van der Waals surface area contributed by atoms with Crippen molar-refractivity contribution in [3.05, 3.63) is 0 Å². The van der Waals surface area contributed by atoms with Gasteiger partial charge in [0.2, 0.25) is 0 Å². The van der Waals surface area contributed by atoms with E-state index < -0.39 is 31.2 Å². The average Bonchev–Trinajstić information content (AvgIpc) is 1.41. The van der Waals surface area contributed by atoms with Crippen LogP contribution in [0.15, 0.2) is 0 Å². The Morgan fingerprint density at radius 3 is 0.444 bits per heavy atom. The Hall–Kier alpha value is 1.62. The van der Waals surface area contributed by atoms with Crippen LogP contribution in [0.1, 0.15) is 0 Å². The molecule has 18 heavy (non-hydrogen) atoms. The minimum absolute atomic E-state index is 0. The van der Waals surface area contributed by atoms with Gasteiger partial charge in [0, 0.05) is 31.2 Å². The molecule has 0 aliphatic heterocycles. The summed E-state index contributed by atoms with van der Waals surface area (Å²) in [6, 6.07) is 0. The molecule has 0 unspecified atom stereocenters. The molecule has 96 valence electrons. The normalized spacial score (nSPS) is 9.67. The molecule has 0 amide bonds. The predicted molar refractivity (Wildman–Crippen MR) is 37.2 cm³/mol. The minimum atomic E-state index is -5.17. The molecule has 0 saturated carbocycles. The zero-order valence-corrected chi connectivity index (χ0v) is 18.0. The van der Waals surface area contributed by atoms with E-state index in [-0.39, 0.29) is 62.0 Å². The molecule has 0 aromatic rings. The van der Waals surface area contributed by atoms with Gasteiger partial charge in [-0.3, -0.25) is 25.3 Å². The summed E-state index contributed by atoms with van der Waals surface area (Å²) in [7, 11) is -15.5. The van der Waals surface area contributed by atoms with Crippen molar-refractivity contribution in [1.29, 1.82) is 0 Å². The van der Waals surface area contributed by atoms with Crippen molar-refractivity contribution in [2.24, 2.45) is 0 Å². The van der Waals surface area contributed by atoms with E-state index in [1.807, 2.05) is 0 Å². The second kappa shape index (κ2) is 15.0. The van der Waals surface area contributed by atoms with Gasteiger partial charge in [-0.1, -0.05) is 0 Å². The van der Waals surface area contributed by atoms with Crippen molar-refractivity contribution in [2.75, 3.05) is 0 Å². The van der Waals surface area contributed by atoms with E-state index in [1.54, 1.807) is 0 Å². The molecule has 18 heteroatoms. The van der Waals surface area contributed by atoms with Gasteiger partial charge in [0.15, 0.2) is 0 Å². The van der Waals surface area contributed by atoms with Crippen molar-refractivity contribution in [1.82, 2.24) is 0 Å². The van der Waals surface area contributed by atoms with Crippen molar-refractivity contribution in [3.63, 3.8) is 0 Å². The molecule has 0 fully saturated rings. The Kier molecular flexibility index (Phi) is 30.6. The van der Waals surface area contributed by atoms with Crippen LogP contribution >= 0.6 is 0 Å². The molecule has 0 heterocycles. The Balaban J connectivity index is -0.0000000277. The number of hydrogen-bond acceptors (Lipinski definition) is 12. The predicted octanol–water partition coefficient (Wildman–Crippen LogP) is -4.40. The van der Waals surface area contributed by atoms with E-state index >= 15 is 0 Å². The summed E-state index contributed by atoms with van der Waals surface area (Å²) in [5.41, 5.74) is 0. The summed E-state index contributed by atoms with van der Waals surface area (Å²) in [6.45, 7) is 0. The summed E-state index contributed by atoms with van der Waals surface area (Å²) in [4.78, 5) is 0. The van der Waals surface area contributed by atoms with E-state index in [0.717, 1.165) is 0 Å². The summed E-state index contributed by atoms with van der Waals surface area (Å²) in [6.07, 6.45) is 0. The van der Waals surface area contributed by atoms with Crippen molar-refractivity contribution in [2.45, 2.75) is 0 Å². The van der Waals surface area contributed by atoms with Crippen LogP contribution in [0.3, 0.4) is 0 Å². The van der Waals surface area contributed by atoms with Gasteiger partial charge in [-0.05, 0) is 0 Å². The number of rotatable bonds is 0. The van der Waals surface area contributed by atoms with Gasteiger partial charge in [0.25, 0.3) is 0 Å². The standard InChI is InChI=1S/Mg.3H2O4S.2Zn/c;3*1-5(2,3)4;;/h;3*(H2,1,2,3,4);;/q+2;;;;2*+2/p-6. The molecule has 0 spiro atoms. The van der Waals surface area contributed by atoms with Crippen LogP contribution in [0.25, 0.3) is 0 Å². The van der Waals surface area contributed by atoms with Gasteiger partial charge in [-0.2, -0.15) is 0 Å². The fourth-order valence-electron chi connectivity index (χ4n) is 0. The molecule has 0 atom stereocenters. The van der Waals surface area contributed by atoms with Crippen LogP contribution < -0.4 is 0 Å². The minimum Gasteiger partial charge on any atom is -0.759 e. The fraction of sp³-hybridized carbons (Fsp3) is 0. The van der Waals surface area contributed by atoms with Crippen molar-refractivity contribution >= 4 is 54.2 Å². The summed E-state index contributed by atoms with van der Waals surface area (Å²) < 4.78 is 102. The summed E-state index contributed by atoms with van der Waals surface area (Å²) in [5, 5.41) is 0. The van der Waals surface area contributed by atoms with Crippen LogP contribution in [0.5, 0.6) is 0 Å². The zero-order valence-electron chi connectivity index (χ0n) is 8.25. The van der Waals surface area contributed by atoms with Crippen LogP contribution in [0, 0.1) is 0 Å². The molecule has 0 aromatic heterocycles. The Labute approximate surface area is 144 Å². The first-order valence-corrected chi connectivity index (χ1v) is 6.00. The SMILES string of the molecule is O=S(=O)([O-])[O-].O=S(=O)([O-])[O-].O=S(=O)([O-])[O-].[Mg+2].[Zn+2].[Zn+2]. The molecular weight excluding hydrogens is 443 g/mol. The maximum Gasteiger partial charge on any atom is 2.00 e. The summed E-state index contributed by atoms with van der Waals surface area (Å²) >= 11 is 0. The van der Waals surface area contributed by atoms with Crippen LogP contribution in [0.4, 0.5) is 0 Å². The van der Waals surface area contributed by atoms with E-state index in [4.69, 9.17) is 52.6 Å². The number of hydrogen-bond donors (Lipinski definition) is 0. The van der Waals surface area contributed by atoms with Crippen molar-refractivity contribution in [3.8, 4) is 0 Å². The van der Waals surface area contributed by atoms with Crippen molar-refractivity contribution < 1.29 is 91.5 Å². The van der Waals surface area contributed by atoms with E-state index in [9.17, 15) is 0 Å². The average molecular weight is 443 g/mol. The molecule has 0 bridgehead atoms. The fourth-order valence-corrected chi connectivity index (χ4v) is 0. The molecule has 0 radical (unpaired) electrons. The van der Waals surface area contributed by atoms with Gasteiger partial charge in [-0.25, -0.2) is 0 Å². The first-order valence-electron chi connectivity index (χ1n) is 2.00. The van der Waals surface area contributed by atoms with Gasteiger partial charge < -0.3 is 27.3 Å². The van der Waals surface area contributed by atoms with E-state index in [1.165, 1.54) is 0 Å². The van der Waals surface area contributed by atoms with E-state index in [2.05, 4.69) is 0 Å². The first-order chi connectivity index (χ1) is 6.00. The van der Waals surface area contributed by atoms with Gasteiger partial charge >= 0.3 is 62.0 Å². The molecule has 0 aromatic carbocycles. The van der Waals surface area contributed by atoms with Crippen LogP contribution in [0.2, 0.25) is 0 Å². The first kappa shape index (κ1) is 36.7. The van der Waals surface area contributed by atoms with Gasteiger partial charge in [0.05, 0.1) is 0 Å². The van der Waals surface area contributed by atoms with E-state index in [0.29, 0.717) is 0 Å². The molecular formula is MgO12S3Zn2. The maximum absolute atomic E-state index is 8.52. The smallest absolute Gasteiger partial charge is 0.759 e. The Morgan fingerprint density at radius 1 is 0.444 bits per heavy atom. The molecule has 0 rings (SSSR count). The quantitative estimate of drug-likeness (QED) is 0.196. The molecule has 0 saturated heterocycles. The van der Waals surface area contributed by atoms with Gasteiger partial charge in [-0.15, -0.1) is 0 Å². The molecule has 12 nitrogen and oxygen atoms in total. The third-order valence-electron chi connectivity index (χ3n) is 0. The van der Waals surface area contributed by atoms with Crippen LogP contribution in [-0.2, 0) is 70.2 Å². The molecule has 0 aliphatic carbocycles. The third-order valence-corrected chi connectivity index (χ3v) is 0. The van der Waals surface area contributed by atoms with Crippen LogP contribution in [-0.4, -0.2) is 75.6 Å². The topological polar surface area (TPSA) is 241 Å².